The van der Waals surface area contributed by atoms with E-state index in [9.17, 15) is 9.59 Å². The molecule has 1 atom stereocenters. The Hall–Kier alpha value is -2.90. The molecule has 0 spiro atoms. The van der Waals surface area contributed by atoms with Crippen LogP contribution in [-0.2, 0) is 11.2 Å². The van der Waals surface area contributed by atoms with E-state index < -0.39 is 5.97 Å². The maximum atomic E-state index is 13.4. The van der Waals surface area contributed by atoms with E-state index in [2.05, 4.69) is 29.0 Å². The molecule has 2 aliphatic carbocycles. The number of rotatable bonds is 8. The van der Waals surface area contributed by atoms with Crippen LogP contribution in [0.15, 0.2) is 23.9 Å². The van der Waals surface area contributed by atoms with Crippen LogP contribution in [0.4, 0.5) is 5.82 Å². The number of hydrogen-bond acceptors (Lipinski definition) is 6. The van der Waals surface area contributed by atoms with E-state index in [-0.39, 0.29) is 23.7 Å². The van der Waals surface area contributed by atoms with Gasteiger partial charge in [-0.1, -0.05) is 31.9 Å². The average Bonchev–Trinajstić information content (AvgIpc) is 2.98. The maximum absolute atomic E-state index is 13.4. The second-order valence-electron chi connectivity index (χ2n) is 9.73. The van der Waals surface area contributed by atoms with Gasteiger partial charge in [0.05, 0.1) is 6.54 Å². The van der Waals surface area contributed by atoms with Crippen LogP contribution in [0.2, 0.25) is 0 Å². The SMILES string of the molecule is CCCCCc1nc(N)c2c(n1)OCCN(C1=CCC([C@H]3CC[C@H](CC(=O)O)CC3)C=C1)C2=O. The Morgan fingerprint density at radius 1 is 1.24 bits per heavy atom. The number of anilines is 1. The van der Waals surface area contributed by atoms with Crippen LogP contribution < -0.4 is 10.5 Å². The monoisotopic (exact) mass is 468 g/mol. The first-order chi connectivity index (χ1) is 16.5. The number of carbonyl (C=O) groups excluding carboxylic acids is 1. The van der Waals surface area contributed by atoms with Gasteiger partial charge >= 0.3 is 5.97 Å². The molecular weight excluding hydrogens is 432 g/mol. The Labute approximate surface area is 201 Å². The summed E-state index contributed by atoms with van der Waals surface area (Å²) in [6, 6.07) is 0. The van der Waals surface area contributed by atoms with Crippen molar-refractivity contribution in [2.75, 3.05) is 18.9 Å². The third kappa shape index (κ3) is 5.59. The molecule has 1 amide bonds. The third-order valence-corrected chi connectivity index (χ3v) is 7.35. The van der Waals surface area contributed by atoms with Gasteiger partial charge in [0.15, 0.2) is 0 Å². The number of fused-ring (bicyclic) bond motifs is 1. The fraction of sp³-hybridized carbons (Fsp3) is 0.615. The number of nitrogen functional groups attached to an aromatic ring is 1. The van der Waals surface area contributed by atoms with Gasteiger partial charge in [-0.25, -0.2) is 4.98 Å². The predicted octanol–water partition coefficient (Wildman–Crippen LogP) is 4.37. The first kappa shape index (κ1) is 24.2. The molecule has 0 radical (unpaired) electrons. The van der Waals surface area contributed by atoms with Gasteiger partial charge in [0.25, 0.3) is 5.91 Å². The van der Waals surface area contributed by atoms with Crippen LogP contribution in [0.1, 0.15) is 80.9 Å². The molecule has 1 aromatic heterocycles. The molecule has 1 unspecified atom stereocenters. The molecule has 0 saturated heterocycles. The van der Waals surface area contributed by atoms with E-state index in [4.69, 9.17) is 15.6 Å². The van der Waals surface area contributed by atoms with Crippen LogP contribution in [0, 0.1) is 17.8 Å². The molecule has 8 nitrogen and oxygen atoms in total. The van der Waals surface area contributed by atoms with Crippen molar-refractivity contribution in [3.8, 4) is 5.88 Å². The van der Waals surface area contributed by atoms with Gasteiger partial charge in [-0.05, 0) is 62.4 Å². The number of aromatic nitrogens is 2. The van der Waals surface area contributed by atoms with Gasteiger partial charge in [-0.15, -0.1) is 0 Å². The minimum absolute atomic E-state index is 0.185. The molecule has 0 aromatic carbocycles. The highest BCUT2D eigenvalue weighted by Gasteiger charge is 2.32. The fourth-order valence-corrected chi connectivity index (χ4v) is 5.41. The van der Waals surface area contributed by atoms with Gasteiger partial charge in [-0.2, -0.15) is 4.98 Å². The number of hydrogen-bond donors (Lipinski definition) is 2. The summed E-state index contributed by atoms with van der Waals surface area (Å²) in [4.78, 5) is 35.0. The predicted molar refractivity (Wildman–Crippen MR) is 129 cm³/mol. The summed E-state index contributed by atoms with van der Waals surface area (Å²) in [6.07, 6.45) is 15.5. The van der Waals surface area contributed by atoms with Gasteiger partial charge in [0, 0.05) is 18.5 Å². The highest BCUT2D eigenvalue weighted by molar-refractivity contribution is 6.01. The summed E-state index contributed by atoms with van der Waals surface area (Å²) >= 11 is 0. The molecule has 34 heavy (non-hydrogen) atoms. The van der Waals surface area contributed by atoms with E-state index in [1.807, 2.05) is 6.08 Å². The fourth-order valence-electron chi connectivity index (χ4n) is 5.41. The van der Waals surface area contributed by atoms with Crippen molar-refractivity contribution in [2.45, 2.75) is 71.1 Å². The topological polar surface area (TPSA) is 119 Å². The van der Waals surface area contributed by atoms with Gasteiger partial charge in [0.1, 0.15) is 23.8 Å². The zero-order valence-corrected chi connectivity index (χ0v) is 20.0. The van der Waals surface area contributed by atoms with E-state index >= 15 is 0 Å². The van der Waals surface area contributed by atoms with Gasteiger partial charge in [-0.3, -0.25) is 9.59 Å². The quantitative estimate of drug-likeness (QED) is 0.544. The number of ether oxygens (including phenoxy) is 1. The number of carboxylic acids is 1. The number of aliphatic carboxylic acids is 1. The van der Waals surface area contributed by atoms with Crippen LogP contribution in [0.3, 0.4) is 0 Å². The van der Waals surface area contributed by atoms with Crippen LogP contribution in [0.25, 0.3) is 0 Å². The van der Waals surface area contributed by atoms with Crippen molar-refractivity contribution in [1.29, 1.82) is 0 Å². The number of carboxylic acid groups (broad SMARTS) is 1. The minimum atomic E-state index is -0.694. The van der Waals surface area contributed by atoms with Crippen LogP contribution in [0.5, 0.6) is 5.88 Å². The van der Waals surface area contributed by atoms with Crippen molar-refractivity contribution in [2.24, 2.45) is 17.8 Å². The highest BCUT2D eigenvalue weighted by Crippen LogP contribution is 2.39. The van der Waals surface area contributed by atoms with Crippen LogP contribution >= 0.6 is 0 Å². The van der Waals surface area contributed by atoms with Crippen molar-refractivity contribution in [3.05, 3.63) is 35.3 Å². The molecule has 3 aliphatic rings. The van der Waals surface area contributed by atoms with E-state index in [1.54, 1.807) is 4.90 Å². The van der Waals surface area contributed by atoms with E-state index in [0.717, 1.165) is 63.5 Å². The second-order valence-corrected chi connectivity index (χ2v) is 9.73. The zero-order valence-electron chi connectivity index (χ0n) is 20.0. The summed E-state index contributed by atoms with van der Waals surface area (Å²) in [6.45, 7) is 2.93. The first-order valence-corrected chi connectivity index (χ1v) is 12.7. The molecule has 3 N–H and O–H groups in total. The Kier molecular flexibility index (Phi) is 7.85. The molecular formula is C26H36N4O4. The third-order valence-electron chi connectivity index (χ3n) is 7.35. The van der Waals surface area contributed by atoms with E-state index in [0.29, 0.717) is 42.6 Å². The zero-order chi connectivity index (χ0) is 24.1. The number of carbonyl (C=O) groups is 2. The first-order valence-electron chi connectivity index (χ1n) is 12.7. The average molecular weight is 469 g/mol. The molecule has 8 heteroatoms. The van der Waals surface area contributed by atoms with Crippen molar-refractivity contribution < 1.29 is 19.4 Å². The molecule has 184 valence electrons. The number of unbranched alkanes of at least 4 members (excludes halogenated alkanes) is 2. The Balaban J connectivity index is 1.40. The van der Waals surface area contributed by atoms with E-state index in [1.165, 1.54) is 0 Å². The van der Waals surface area contributed by atoms with Crippen LogP contribution in [-0.4, -0.2) is 45.0 Å². The second kappa shape index (κ2) is 11.0. The standard InChI is InChI=1S/C26H36N4O4/c1-2-3-4-5-21-28-24(27)23-25(29-21)34-15-14-30(26(23)33)20-12-10-19(11-13-20)18-8-6-17(7-9-18)16-22(31)32/h10,12-13,17-19H,2-9,11,14-16H2,1H3,(H,31,32)(H2,27,28,29)/t17-,18-,19?. The van der Waals surface area contributed by atoms with Gasteiger partial charge in [0.2, 0.25) is 5.88 Å². The largest absolute Gasteiger partial charge is 0.481 e. The summed E-state index contributed by atoms with van der Waals surface area (Å²) in [5.74, 6) is 1.50. The summed E-state index contributed by atoms with van der Waals surface area (Å²) < 4.78 is 5.83. The van der Waals surface area contributed by atoms with Crippen molar-refractivity contribution in [3.63, 3.8) is 0 Å². The van der Waals surface area contributed by atoms with Gasteiger partial charge < -0.3 is 20.5 Å². The summed E-state index contributed by atoms with van der Waals surface area (Å²) in [7, 11) is 0. The lowest BCUT2D eigenvalue weighted by Gasteiger charge is -2.33. The molecule has 4 rings (SSSR count). The molecule has 1 aromatic rings. The number of nitrogens with two attached hydrogens (primary N) is 1. The Morgan fingerprint density at radius 3 is 2.71 bits per heavy atom. The minimum Gasteiger partial charge on any atom is -0.481 e. The number of amides is 1. The molecule has 2 heterocycles. The lowest BCUT2D eigenvalue weighted by atomic mass is 9.73. The lowest BCUT2D eigenvalue weighted by Crippen LogP contribution is -2.33. The summed E-state index contributed by atoms with van der Waals surface area (Å²) in [5, 5.41) is 9.03. The molecule has 0 bridgehead atoms. The normalized spacial score (nSPS) is 24.7. The van der Waals surface area contributed by atoms with Crippen molar-refractivity contribution >= 4 is 17.7 Å². The number of allylic oxidation sites excluding steroid dienone is 3. The molecule has 1 aliphatic heterocycles. The summed E-state index contributed by atoms with van der Waals surface area (Å²) in [5.41, 5.74) is 7.33. The Morgan fingerprint density at radius 2 is 2.03 bits per heavy atom. The number of nitrogens with zero attached hydrogens (tertiary/aromatic N) is 3. The number of aryl methyl sites for hydroxylation is 1. The van der Waals surface area contributed by atoms with Crippen molar-refractivity contribution in [1.82, 2.24) is 14.9 Å². The molecule has 1 fully saturated rings. The lowest BCUT2D eigenvalue weighted by molar-refractivity contribution is -0.138. The Bertz CT molecular complexity index is 966. The maximum Gasteiger partial charge on any atom is 0.303 e. The smallest absolute Gasteiger partial charge is 0.303 e. The molecule has 1 saturated carbocycles. The highest BCUT2D eigenvalue weighted by atomic mass is 16.5.